The summed E-state index contributed by atoms with van der Waals surface area (Å²) in [6.07, 6.45) is 0. The first-order chi connectivity index (χ1) is 7.54. The van der Waals surface area contributed by atoms with Crippen molar-refractivity contribution in [3.8, 4) is 0 Å². The van der Waals surface area contributed by atoms with Crippen LogP contribution in [0.15, 0.2) is 14.3 Å². The van der Waals surface area contributed by atoms with Gasteiger partial charge < -0.3 is 10.2 Å². The summed E-state index contributed by atoms with van der Waals surface area (Å²) in [7, 11) is 2.03. The van der Waals surface area contributed by atoms with E-state index in [-0.39, 0.29) is 5.91 Å². The molecule has 0 fully saturated rings. The highest BCUT2D eigenvalue weighted by molar-refractivity contribution is 9.13. The summed E-state index contributed by atoms with van der Waals surface area (Å²) in [4.78, 5) is 14.6. The second-order valence-electron chi connectivity index (χ2n) is 3.38. The van der Waals surface area contributed by atoms with Crippen LogP contribution in [0.1, 0.15) is 16.6 Å². The van der Waals surface area contributed by atoms with Gasteiger partial charge in [-0.2, -0.15) is 0 Å². The lowest BCUT2D eigenvalue weighted by molar-refractivity contribution is 0.0954. The Morgan fingerprint density at radius 1 is 1.56 bits per heavy atom. The number of thiophene rings is 1. The van der Waals surface area contributed by atoms with Crippen LogP contribution in [0.5, 0.6) is 0 Å². The molecule has 6 heteroatoms. The number of rotatable bonds is 5. The van der Waals surface area contributed by atoms with Crippen molar-refractivity contribution >= 4 is 49.1 Å². The molecule has 3 nitrogen and oxygen atoms in total. The summed E-state index contributed by atoms with van der Waals surface area (Å²) in [6.45, 7) is 4.63. The molecule has 0 radical (unpaired) electrons. The lowest BCUT2D eigenvalue weighted by Gasteiger charge is -2.13. The van der Waals surface area contributed by atoms with Crippen LogP contribution in [-0.2, 0) is 0 Å². The number of amides is 1. The van der Waals surface area contributed by atoms with Crippen LogP contribution in [0.25, 0.3) is 0 Å². The van der Waals surface area contributed by atoms with Crippen LogP contribution >= 0.6 is 43.2 Å². The monoisotopic (exact) mass is 368 g/mol. The molecule has 0 bridgehead atoms. The third kappa shape index (κ3) is 4.16. The molecule has 1 aromatic heterocycles. The molecule has 1 N–H and O–H groups in total. The summed E-state index contributed by atoms with van der Waals surface area (Å²) in [5.74, 6) is -0.0131. The predicted molar refractivity (Wildman–Crippen MR) is 75.2 cm³/mol. The molecular formula is C10H14Br2N2OS. The molecule has 0 atom stereocenters. The Morgan fingerprint density at radius 3 is 2.75 bits per heavy atom. The minimum Gasteiger partial charge on any atom is -0.350 e. The van der Waals surface area contributed by atoms with Gasteiger partial charge in [0.25, 0.3) is 5.91 Å². The van der Waals surface area contributed by atoms with Gasteiger partial charge in [0.1, 0.15) is 0 Å². The molecule has 0 aliphatic rings. The molecule has 0 aromatic carbocycles. The van der Waals surface area contributed by atoms with Gasteiger partial charge in [0.05, 0.1) is 8.66 Å². The fourth-order valence-corrected chi connectivity index (χ4v) is 3.02. The van der Waals surface area contributed by atoms with Gasteiger partial charge in [0.15, 0.2) is 0 Å². The number of carbonyl (C=O) groups excluding carboxylic acids is 1. The third-order valence-electron chi connectivity index (χ3n) is 2.19. The van der Waals surface area contributed by atoms with E-state index in [0.717, 1.165) is 26.2 Å². The van der Waals surface area contributed by atoms with Crippen molar-refractivity contribution in [3.63, 3.8) is 0 Å². The van der Waals surface area contributed by atoms with Crippen LogP contribution in [0.4, 0.5) is 0 Å². The van der Waals surface area contributed by atoms with E-state index < -0.39 is 0 Å². The van der Waals surface area contributed by atoms with Crippen molar-refractivity contribution in [3.05, 3.63) is 19.2 Å². The fraction of sp³-hybridized carbons (Fsp3) is 0.500. The second kappa shape index (κ2) is 6.74. The fourth-order valence-electron chi connectivity index (χ4n) is 1.06. The minimum atomic E-state index is -0.0131. The van der Waals surface area contributed by atoms with Gasteiger partial charge in [-0.1, -0.05) is 6.92 Å². The summed E-state index contributed by atoms with van der Waals surface area (Å²) < 4.78 is 1.87. The maximum atomic E-state index is 11.7. The Kier molecular flexibility index (Phi) is 5.96. The molecule has 0 saturated carbocycles. The maximum Gasteiger partial charge on any atom is 0.261 e. The number of halogens is 2. The van der Waals surface area contributed by atoms with Crippen molar-refractivity contribution in [1.82, 2.24) is 10.2 Å². The quantitative estimate of drug-likeness (QED) is 0.865. The van der Waals surface area contributed by atoms with E-state index in [9.17, 15) is 4.79 Å². The van der Waals surface area contributed by atoms with Crippen molar-refractivity contribution in [2.24, 2.45) is 0 Å². The number of likely N-dealkylation sites (N-methyl/N-ethyl adjacent to an activating group) is 1. The molecule has 1 amide bonds. The third-order valence-corrected chi connectivity index (χ3v) is 5.44. The first-order valence-corrected chi connectivity index (χ1v) is 7.36. The second-order valence-corrected chi connectivity index (χ2v) is 6.61. The van der Waals surface area contributed by atoms with Gasteiger partial charge in [0, 0.05) is 17.6 Å². The lowest BCUT2D eigenvalue weighted by atomic mass is 10.4. The molecule has 1 heterocycles. The molecule has 1 rings (SSSR count). The number of hydrogen-bond acceptors (Lipinski definition) is 3. The summed E-state index contributed by atoms with van der Waals surface area (Å²) in [5, 5.41) is 2.89. The minimum absolute atomic E-state index is 0.0131. The maximum absolute atomic E-state index is 11.7. The number of nitrogens with one attached hydrogen (secondary N) is 1. The zero-order valence-corrected chi connectivity index (χ0v) is 13.2. The van der Waals surface area contributed by atoms with E-state index in [1.165, 1.54) is 11.3 Å². The van der Waals surface area contributed by atoms with Crippen molar-refractivity contribution in [2.45, 2.75) is 6.92 Å². The Bertz CT molecular complexity index is 348. The van der Waals surface area contributed by atoms with E-state index in [2.05, 4.69) is 49.0 Å². The van der Waals surface area contributed by atoms with Gasteiger partial charge in [-0.3, -0.25) is 4.79 Å². The zero-order valence-electron chi connectivity index (χ0n) is 9.22. The molecule has 16 heavy (non-hydrogen) atoms. The first-order valence-electron chi connectivity index (χ1n) is 4.96. The zero-order chi connectivity index (χ0) is 12.1. The lowest BCUT2D eigenvalue weighted by Crippen LogP contribution is -2.32. The highest BCUT2D eigenvalue weighted by atomic mass is 79.9. The van der Waals surface area contributed by atoms with Gasteiger partial charge >= 0.3 is 0 Å². The highest BCUT2D eigenvalue weighted by Gasteiger charge is 2.11. The van der Waals surface area contributed by atoms with E-state index in [1.807, 2.05) is 13.1 Å². The molecule has 0 aliphatic carbocycles. The SMILES string of the molecule is CCN(C)CCNC(=O)c1cc(Br)c(Br)s1. The van der Waals surface area contributed by atoms with E-state index in [0.29, 0.717) is 6.54 Å². The summed E-state index contributed by atoms with van der Waals surface area (Å²) in [5.41, 5.74) is 0. The molecule has 1 aromatic rings. The summed E-state index contributed by atoms with van der Waals surface area (Å²) in [6, 6.07) is 1.83. The number of carbonyl (C=O) groups is 1. The Labute approximate surface area is 116 Å². The molecule has 0 aliphatic heterocycles. The standard InChI is InChI=1S/C10H14Br2N2OS/c1-3-14(2)5-4-13-10(15)8-6-7(11)9(12)16-8/h6H,3-5H2,1-2H3,(H,13,15). The van der Waals surface area contributed by atoms with E-state index in [1.54, 1.807) is 0 Å². The molecular weight excluding hydrogens is 356 g/mol. The van der Waals surface area contributed by atoms with Crippen LogP contribution in [0, 0.1) is 0 Å². The normalized spacial score (nSPS) is 10.8. The van der Waals surface area contributed by atoms with Crippen LogP contribution in [0.2, 0.25) is 0 Å². The Hall–Kier alpha value is 0.0900. The Balaban J connectivity index is 2.41. The molecule has 0 spiro atoms. The van der Waals surface area contributed by atoms with E-state index in [4.69, 9.17) is 0 Å². The van der Waals surface area contributed by atoms with Crippen molar-refractivity contribution in [1.29, 1.82) is 0 Å². The van der Waals surface area contributed by atoms with Gasteiger partial charge in [-0.05, 0) is 51.5 Å². The van der Waals surface area contributed by atoms with E-state index >= 15 is 0 Å². The van der Waals surface area contributed by atoms with Gasteiger partial charge in [0.2, 0.25) is 0 Å². The number of nitrogens with zero attached hydrogens (tertiary/aromatic N) is 1. The largest absolute Gasteiger partial charge is 0.350 e. The average molecular weight is 370 g/mol. The molecule has 0 saturated heterocycles. The van der Waals surface area contributed by atoms with Gasteiger partial charge in [-0.25, -0.2) is 0 Å². The van der Waals surface area contributed by atoms with Crippen LogP contribution in [-0.4, -0.2) is 37.5 Å². The molecule has 90 valence electrons. The predicted octanol–water partition coefficient (Wildman–Crippen LogP) is 2.95. The summed E-state index contributed by atoms with van der Waals surface area (Å²) >= 11 is 8.16. The number of hydrogen-bond donors (Lipinski definition) is 1. The Morgan fingerprint density at radius 2 is 2.25 bits per heavy atom. The topological polar surface area (TPSA) is 32.3 Å². The molecule has 0 unspecified atom stereocenters. The first kappa shape index (κ1) is 14.2. The van der Waals surface area contributed by atoms with Crippen LogP contribution in [0.3, 0.4) is 0 Å². The highest BCUT2D eigenvalue weighted by Crippen LogP contribution is 2.32. The average Bonchev–Trinajstić information content (AvgIpc) is 2.59. The van der Waals surface area contributed by atoms with Crippen molar-refractivity contribution in [2.75, 3.05) is 26.7 Å². The van der Waals surface area contributed by atoms with Gasteiger partial charge in [-0.15, -0.1) is 11.3 Å². The smallest absolute Gasteiger partial charge is 0.261 e. The van der Waals surface area contributed by atoms with Crippen LogP contribution < -0.4 is 5.32 Å². The van der Waals surface area contributed by atoms with Crippen molar-refractivity contribution < 1.29 is 4.79 Å².